The van der Waals surface area contributed by atoms with Gasteiger partial charge < -0.3 is 4.57 Å². The Morgan fingerprint density at radius 2 is 1.58 bits per heavy atom. The minimum atomic E-state index is -0.607. The number of rotatable bonds is 5. The van der Waals surface area contributed by atoms with Gasteiger partial charge in [-0.15, -0.1) is 5.10 Å². The van der Waals surface area contributed by atoms with Gasteiger partial charge in [-0.25, -0.2) is 14.5 Å². The Morgan fingerprint density at radius 1 is 0.889 bits per heavy atom. The molecule has 9 nitrogen and oxygen atoms in total. The number of aromatic nitrogens is 6. The Bertz CT molecular complexity index is 1630. The zero-order chi connectivity index (χ0) is 25.1. The molecule has 9 heteroatoms. The van der Waals surface area contributed by atoms with Gasteiger partial charge in [-0.05, 0) is 49.6 Å². The Morgan fingerprint density at radius 3 is 2.22 bits per heavy atom. The molecule has 0 fully saturated rings. The van der Waals surface area contributed by atoms with Gasteiger partial charge in [-0.3, -0.25) is 19.5 Å². The van der Waals surface area contributed by atoms with E-state index < -0.39 is 6.04 Å². The SMILES string of the molecule is Cc1c(C)n(Cc2ccccn2)c2ncn3nc([C@@H](C(C)C)N4C(=O)c5ccccc5C4=O)nc3c12. The van der Waals surface area contributed by atoms with Crippen LogP contribution in [0.2, 0.25) is 0 Å². The van der Waals surface area contributed by atoms with Crippen LogP contribution in [-0.2, 0) is 6.54 Å². The minimum Gasteiger partial charge on any atom is -0.323 e. The number of carbonyl (C=O) groups is 2. The summed E-state index contributed by atoms with van der Waals surface area (Å²) in [6.07, 6.45) is 3.42. The second-order valence-electron chi connectivity index (χ2n) is 9.51. The molecule has 5 aromatic rings. The van der Waals surface area contributed by atoms with Crippen molar-refractivity contribution < 1.29 is 9.59 Å². The van der Waals surface area contributed by atoms with Crippen LogP contribution in [0.5, 0.6) is 0 Å². The number of fused-ring (bicyclic) bond motifs is 4. The van der Waals surface area contributed by atoms with Crippen molar-refractivity contribution in [1.82, 2.24) is 34.0 Å². The maximum Gasteiger partial charge on any atom is 0.262 e. The molecule has 180 valence electrons. The molecule has 1 aliphatic heterocycles. The molecule has 0 aliphatic carbocycles. The molecular formula is C27H25N7O2. The van der Waals surface area contributed by atoms with Gasteiger partial charge in [0.2, 0.25) is 0 Å². The van der Waals surface area contributed by atoms with Crippen LogP contribution in [0.15, 0.2) is 55.0 Å². The predicted molar refractivity (Wildman–Crippen MR) is 134 cm³/mol. The van der Waals surface area contributed by atoms with Crippen LogP contribution >= 0.6 is 0 Å². The number of pyridine rings is 1. The van der Waals surface area contributed by atoms with Crippen molar-refractivity contribution in [1.29, 1.82) is 0 Å². The Labute approximate surface area is 207 Å². The van der Waals surface area contributed by atoms with E-state index in [0.717, 1.165) is 28.0 Å². The average molecular weight is 480 g/mol. The summed E-state index contributed by atoms with van der Waals surface area (Å²) in [5, 5.41) is 5.60. The van der Waals surface area contributed by atoms with E-state index >= 15 is 0 Å². The number of aryl methyl sites for hydroxylation is 1. The second kappa shape index (κ2) is 8.08. The standard InChI is InChI=1S/C27H25N7O2/c1-15(2)22(34-26(35)19-10-5-6-11-20(19)27(34)36)23-30-25-21-16(3)17(4)32(13-18-9-7-8-12-28-18)24(21)29-14-33(25)31-23/h5-12,14-15,22H,13H2,1-4H3/t22-/m1/s1. The third-order valence-corrected chi connectivity index (χ3v) is 7.01. The molecule has 0 N–H and O–H groups in total. The van der Waals surface area contributed by atoms with Crippen LogP contribution in [-0.4, -0.2) is 45.8 Å². The molecule has 1 atom stereocenters. The van der Waals surface area contributed by atoms with Crippen molar-refractivity contribution >= 4 is 28.5 Å². The van der Waals surface area contributed by atoms with Crippen molar-refractivity contribution in [3.05, 3.63) is 88.9 Å². The van der Waals surface area contributed by atoms with E-state index in [1.807, 2.05) is 39.0 Å². The molecule has 0 unspecified atom stereocenters. The Balaban J connectivity index is 1.48. The number of imide groups is 1. The van der Waals surface area contributed by atoms with Crippen LogP contribution < -0.4 is 0 Å². The highest BCUT2D eigenvalue weighted by Gasteiger charge is 2.43. The normalized spacial score (nSPS) is 14.4. The van der Waals surface area contributed by atoms with Crippen molar-refractivity contribution in [3.63, 3.8) is 0 Å². The first-order valence-corrected chi connectivity index (χ1v) is 11.9. The largest absolute Gasteiger partial charge is 0.323 e. The first-order chi connectivity index (χ1) is 17.4. The lowest BCUT2D eigenvalue weighted by atomic mass is 10.0. The summed E-state index contributed by atoms with van der Waals surface area (Å²) < 4.78 is 3.77. The molecule has 36 heavy (non-hydrogen) atoms. The van der Waals surface area contributed by atoms with E-state index in [2.05, 4.69) is 16.5 Å². The van der Waals surface area contributed by atoms with E-state index in [4.69, 9.17) is 15.1 Å². The summed E-state index contributed by atoms with van der Waals surface area (Å²) >= 11 is 0. The van der Waals surface area contributed by atoms with Crippen molar-refractivity contribution in [2.45, 2.75) is 40.3 Å². The summed E-state index contributed by atoms with van der Waals surface area (Å²) in [5.74, 6) is -0.303. The van der Waals surface area contributed by atoms with E-state index in [0.29, 0.717) is 29.1 Å². The van der Waals surface area contributed by atoms with E-state index in [1.54, 1.807) is 41.3 Å². The molecule has 0 saturated carbocycles. The zero-order valence-electron chi connectivity index (χ0n) is 20.5. The van der Waals surface area contributed by atoms with Gasteiger partial charge in [0, 0.05) is 11.9 Å². The summed E-state index contributed by atoms with van der Waals surface area (Å²) in [5.41, 5.74) is 5.34. The number of nitrogens with zero attached hydrogens (tertiary/aromatic N) is 7. The molecule has 6 rings (SSSR count). The van der Waals surface area contributed by atoms with Gasteiger partial charge in [0.15, 0.2) is 11.5 Å². The highest BCUT2D eigenvalue weighted by atomic mass is 16.2. The van der Waals surface area contributed by atoms with Crippen molar-refractivity contribution in [3.8, 4) is 0 Å². The van der Waals surface area contributed by atoms with E-state index in [1.165, 1.54) is 4.90 Å². The first-order valence-electron chi connectivity index (χ1n) is 11.9. The molecule has 0 saturated heterocycles. The van der Waals surface area contributed by atoms with Crippen molar-refractivity contribution in [2.75, 3.05) is 0 Å². The molecular weight excluding hydrogens is 454 g/mol. The fourth-order valence-electron chi connectivity index (χ4n) is 5.09. The van der Waals surface area contributed by atoms with E-state index in [-0.39, 0.29) is 17.7 Å². The number of benzene rings is 1. The maximum atomic E-state index is 13.3. The predicted octanol–water partition coefficient (Wildman–Crippen LogP) is 4.13. The molecule has 0 bridgehead atoms. The van der Waals surface area contributed by atoms with Crippen LogP contribution in [0, 0.1) is 19.8 Å². The minimum absolute atomic E-state index is 0.0929. The lowest BCUT2D eigenvalue weighted by molar-refractivity contribution is 0.0529. The molecule has 4 aromatic heterocycles. The van der Waals surface area contributed by atoms with Crippen LogP contribution in [0.3, 0.4) is 0 Å². The lowest BCUT2D eigenvalue weighted by Crippen LogP contribution is -2.37. The number of carbonyl (C=O) groups excluding carboxylic acids is 2. The third-order valence-electron chi connectivity index (χ3n) is 7.01. The number of hydrogen-bond acceptors (Lipinski definition) is 6. The molecule has 5 heterocycles. The first kappa shape index (κ1) is 22.1. The smallest absolute Gasteiger partial charge is 0.262 e. The summed E-state index contributed by atoms with van der Waals surface area (Å²) in [6.45, 7) is 8.62. The average Bonchev–Trinajstić information content (AvgIpc) is 3.49. The van der Waals surface area contributed by atoms with E-state index in [9.17, 15) is 9.59 Å². The highest BCUT2D eigenvalue weighted by molar-refractivity contribution is 6.21. The fourth-order valence-corrected chi connectivity index (χ4v) is 5.09. The van der Waals surface area contributed by atoms with Gasteiger partial charge in [0.05, 0.1) is 28.8 Å². The Hall–Kier alpha value is -4.40. The van der Waals surface area contributed by atoms with Crippen LogP contribution in [0.25, 0.3) is 16.7 Å². The molecule has 2 amide bonds. The van der Waals surface area contributed by atoms with Gasteiger partial charge in [-0.1, -0.05) is 32.0 Å². The van der Waals surface area contributed by atoms with Crippen molar-refractivity contribution in [2.24, 2.45) is 5.92 Å². The summed E-state index contributed by atoms with van der Waals surface area (Å²) in [6, 6.07) is 12.2. The number of hydrogen-bond donors (Lipinski definition) is 0. The third kappa shape index (κ3) is 3.16. The quantitative estimate of drug-likeness (QED) is 0.352. The Kier molecular flexibility index (Phi) is 4.96. The lowest BCUT2D eigenvalue weighted by Gasteiger charge is -2.26. The summed E-state index contributed by atoms with van der Waals surface area (Å²) in [4.78, 5) is 41.9. The molecule has 0 radical (unpaired) electrons. The highest BCUT2D eigenvalue weighted by Crippen LogP contribution is 2.36. The monoisotopic (exact) mass is 479 g/mol. The van der Waals surface area contributed by atoms with Crippen LogP contribution in [0.1, 0.15) is 63.4 Å². The molecule has 1 aliphatic rings. The fraction of sp³-hybridized carbons (Fsp3) is 0.259. The molecule has 0 spiro atoms. The van der Waals surface area contributed by atoms with Gasteiger partial charge in [0.25, 0.3) is 11.8 Å². The maximum absolute atomic E-state index is 13.3. The number of amides is 2. The topological polar surface area (TPSA) is 98.3 Å². The zero-order valence-corrected chi connectivity index (χ0v) is 20.5. The molecule has 1 aromatic carbocycles. The summed E-state index contributed by atoms with van der Waals surface area (Å²) in [7, 11) is 0. The van der Waals surface area contributed by atoms with Gasteiger partial charge in [0.1, 0.15) is 18.0 Å². The van der Waals surface area contributed by atoms with Crippen LogP contribution in [0.4, 0.5) is 0 Å². The van der Waals surface area contributed by atoms with Gasteiger partial charge >= 0.3 is 0 Å². The van der Waals surface area contributed by atoms with Gasteiger partial charge in [-0.2, -0.15) is 0 Å². The second-order valence-corrected chi connectivity index (χ2v) is 9.51.